The zero-order valence-corrected chi connectivity index (χ0v) is 13.3. The number of benzene rings is 1. The third-order valence-corrected chi connectivity index (χ3v) is 3.52. The van der Waals surface area contributed by atoms with Gasteiger partial charge in [-0.25, -0.2) is 9.59 Å². The number of ether oxygens (including phenoxy) is 3. The smallest absolute Gasteiger partial charge is 0.344 e. The fourth-order valence-electron chi connectivity index (χ4n) is 2.15. The number of nitrogens with one attached hydrogen (secondary N) is 1. The molecule has 0 radical (unpaired) electrons. The summed E-state index contributed by atoms with van der Waals surface area (Å²) in [5.74, 6) is -1.03. The van der Waals surface area contributed by atoms with E-state index in [1.54, 1.807) is 30.3 Å². The van der Waals surface area contributed by atoms with Gasteiger partial charge in [-0.1, -0.05) is 24.3 Å². The van der Waals surface area contributed by atoms with Crippen molar-refractivity contribution in [1.82, 2.24) is 5.32 Å². The van der Waals surface area contributed by atoms with Crippen molar-refractivity contribution in [2.75, 3.05) is 20.3 Å². The van der Waals surface area contributed by atoms with Gasteiger partial charge in [0.2, 0.25) is 5.91 Å². The number of carbonyl (C=O) groups is 3. The summed E-state index contributed by atoms with van der Waals surface area (Å²) in [4.78, 5) is 34.2. The molecule has 128 valence electrons. The van der Waals surface area contributed by atoms with E-state index in [9.17, 15) is 14.4 Å². The van der Waals surface area contributed by atoms with Gasteiger partial charge in [-0.3, -0.25) is 4.79 Å². The summed E-state index contributed by atoms with van der Waals surface area (Å²) in [6.07, 6.45) is 3.37. The minimum Gasteiger partial charge on any atom is -0.482 e. The maximum absolute atomic E-state index is 11.7. The first-order chi connectivity index (χ1) is 11.6. The molecule has 1 N–H and O–H groups in total. The van der Waals surface area contributed by atoms with Gasteiger partial charge in [0.25, 0.3) is 0 Å². The van der Waals surface area contributed by atoms with E-state index in [1.165, 1.54) is 13.2 Å². The predicted octanol–water partition coefficient (Wildman–Crippen LogP) is 0.842. The second kappa shape index (κ2) is 8.71. The molecule has 1 aromatic rings. The van der Waals surface area contributed by atoms with Gasteiger partial charge in [-0.2, -0.15) is 0 Å². The highest BCUT2D eigenvalue weighted by Crippen LogP contribution is 2.19. The van der Waals surface area contributed by atoms with Crippen LogP contribution in [0.25, 0.3) is 0 Å². The van der Waals surface area contributed by atoms with Crippen molar-refractivity contribution >= 4 is 17.8 Å². The highest BCUT2D eigenvalue weighted by Gasteiger charge is 2.39. The first-order valence-corrected chi connectivity index (χ1v) is 7.48. The summed E-state index contributed by atoms with van der Waals surface area (Å²) < 4.78 is 14.8. The molecular weight excluding hydrogens is 314 g/mol. The summed E-state index contributed by atoms with van der Waals surface area (Å²) in [6.45, 7) is -0.231. The summed E-state index contributed by atoms with van der Waals surface area (Å²) >= 11 is 0. The Morgan fingerprint density at radius 3 is 2.67 bits per heavy atom. The number of carbonyl (C=O) groups excluding carboxylic acids is 3. The standard InChI is InChI=1S/C17H19NO6/c1-22-15(19)9-5-8-14-13(17(21)18-14)10-24-16(20)11-23-12-6-3-2-4-7-12/h2-7,9,13-14H,8,10-11H2,1H3,(H,18,21)/b9-5+. The van der Waals surface area contributed by atoms with E-state index >= 15 is 0 Å². The van der Waals surface area contributed by atoms with Crippen LogP contribution in [0.15, 0.2) is 42.5 Å². The van der Waals surface area contributed by atoms with Crippen molar-refractivity contribution in [2.45, 2.75) is 12.5 Å². The maximum Gasteiger partial charge on any atom is 0.344 e. The quantitative estimate of drug-likeness (QED) is 0.431. The number of rotatable bonds is 8. The number of hydrogen-bond acceptors (Lipinski definition) is 6. The fourth-order valence-corrected chi connectivity index (χ4v) is 2.15. The number of para-hydroxylation sites is 1. The van der Waals surface area contributed by atoms with Crippen molar-refractivity contribution in [1.29, 1.82) is 0 Å². The molecule has 1 aliphatic rings. The molecule has 0 spiro atoms. The molecule has 1 heterocycles. The van der Waals surface area contributed by atoms with E-state index in [4.69, 9.17) is 9.47 Å². The zero-order valence-electron chi connectivity index (χ0n) is 13.3. The van der Waals surface area contributed by atoms with Crippen molar-refractivity contribution < 1.29 is 28.6 Å². The minimum absolute atomic E-state index is 0.0143. The van der Waals surface area contributed by atoms with Crippen molar-refractivity contribution in [2.24, 2.45) is 5.92 Å². The van der Waals surface area contributed by atoms with Crippen molar-refractivity contribution in [3.8, 4) is 5.75 Å². The van der Waals surface area contributed by atoms with Crippen LogP contribution in [0.3, 0.4) is 0 Å². The molecule has 1 amide bonds. The van der Waals surface area contributed by atoms with Gasteiger partial charge in [0.05, 0.1) is 13.0 Å². The molecule has 0 saturated carbocycles. The molecule has 2 atom stereocenters. The Morgan fingerprint density at radius 1 is 1.25 bits per heavy atom. The Labute approximate surface area is 139 Å². The van der Waals surface area contributed by atoms with E-state index in [2.05, 4.69) is 10.1 Å². The molecule has 2 rings (SSSR count). The zero-order chi connectivity index (χ0) is 17.4. The molecule has 7 heteroatoms. The van der Waals surface area contributed by atoms with E-state index < -0.39 is 17.9 Å². The summed E-state index contributed by atoms with van der Waals surface area (Å²) in [5.41, 5.74) is 0. The average Bonchev–Trinajstić information content (AvgIpc) is 2.59. The average molecular weight is 333 g/mol. The Balaban J connectivity index is 1.70. The van der Waals surface area contributed by atoms with Gasteiger partial charge in [0, 0.05) is 12.1 Å². The predicted molar refractivity (Wildman–Crippen MR) is 84.1 cm³/mol. The maximum atomic E-state index is 11.7. The SMILES string of the molecule is COC(=O)/C=C/CC1NC(=O)C1COC(=O)COc1ccccc1. The number of esters is 2. The second-order valence-corrected chi connectivity index (χ2v) is 5.17. The van der Waals surface area contributed by atoms with Crippen LogP contribution in [-0.4, -0.2) is 44.2 Å². The van der Waals surface area contributed by atoms with Gasteiger partial charge in [0.1, 0.15) is 12.4 Å². The molecule has 0 bridgehead atoms. The Kier molecular flexibility index (Phi) is 6.36. The van der Waals surface area contributed by atoms with Crippen molar-refractivity contribution in [3.05, 3.63) is 42.5 Å². The minimum atomic E-state index is -0.539. The topological polar surface area (TPSA) is 90.9 Å². The lowest BCUT2D eigenvalue weighted by Crippen LogP contribution is -2.59. The normalized spacial score (nSPS) is 19.3. The Bertz CT molecular complexity index is 613. The lowest BCUT2D eigenvalue weighted by molar-refractivity contribution is -0.152. The van der Waals surface area contributed by atoms with Crippen LogP contribution in [-0.2, 0) is 23.9 Å². The largest absolute Gasteiger partial charge is 0.482 e. The van der Waals surface area contributed by atoms with E-state index in [0.29, 0.717) is 12.2 Å². The van der Waals surface area contributed by atoms with Gasteiger partial charge in [-0.15, -0.1) is 0 Å². The Hall–Kier alpha value is -2.83. The molecular formula is C17H19NO6. The molecule has 0 aromatic heterocycles. The van der Waals surface area contributed by atoms with Gasteiger partial charge < -0.3 is 19.5 Å². The fraction of sp³-hybridized carbons (Fsp3) is 0.353. The van der Waals surface area contributed by atoms with Crippen LogP contribution < -0.4 is 10.1 Å². The van der Waals surface area contributed by atoms with Crippen LogP contribution in [0.1, 0.15) is 6.42 Å². The van der Waals surface area contributed by atoms with Crippen molar-refractivity contribution in [3.63, 3.8) is 0 Å². The number of hydrogen-bond donors (Lipinski definition) is 1. The van der Waals surface area contributed by atoms with E-state index in [0.717, 1.165) is 0 Å². The van der Waals surface area contributed by atoms with Crippen LogP contribution in [0.5, 0.6) is 5.75 Å². The van der Waals surface area contributed by atoms with Gasteiger partial charge in [0.15, 0.2) is 6.61 Å². The van der Waals surface area contributed by atoms with Crippen LogP contribution in [0.2, 0.25) is 0 Å². The molecule has 0 aliphatic carbocycles. The second-order valence-electron chi connectivity index (χ2n) is 5.17. The molecule has 7 nitrogen and oxygen atoms in total. The summed E-state index contributed by atoms with van der Waals surface area (Å²) in [5, 5.41) is 2.70. The Morgan fingerprint density at radius 2 is 2.00 bits per heavy atom. The number of amides is 1. The van der Waals surface area contributed by atoms with E-state index in [1.807, 2.05) is 6.07 Å². The summed E-state index contributed by atoms with van der Waals surface area (Å²) in [7, 11) is 1.29. The number of β-lactam (4-membered cyclic amide) rings is 1. The molecule has 24 heavy (non-hydrogen) atoms. The van der Waals surface area contributed by atoms with E-state index in [-0.39, 0.29) is 25.2 Å². The molecule has 1 saturated heterocycles. The molecule has 2 unspecified atom stereocenters. The van der Waals surface area contributed by atoms with Crippen LogP contribution >= 0.6 is 0 Å². The third kappa shape index (κ3) is 5.12. The highest BCUT2D eigenvalue weighted by molar-refractivity contribution is 5.86. The lowest BCUT2D eigenvalue weighted by Gasteiger charge is -2.35. The molecule has 1 aliphatic heterocycles. The first kappa shape index (κ1) is 17.5. The van der Waals surface area contributed by atoms with Crippen LogP contribution in [0.4, 0.5) is 0 Å². The lowest BCUT2D eigenvalue weighted by atomic mass is 9.89. The first-order valence-electron chi connectivity index (χ1n) is 7.48. The van der Waals surface area contributed by atoms with Crippen LogP contribution in [0, 0.1) is 5.92 Å². The molecule has 1 aromatic carbocycles. The number of methoxy groups -OCH3 is 1. The van der Waals surface area contributed by atoms with Gasteiger partial charge >= 0.3 is 11.9 Å². The third-order valence-electron chi connectivity index (χ3n) is 3.52. The molecule has 1 fully saturated rings. The highest BCUT2D eigenvalue weighted by atomic mass is 16.6. The van der Waals surface area contributed by atoms with Gasteiger partial charge in [-0.05, 0) is 18.6 Å². The monoisotopic (exact) mass is 333 g/mol. The summed E-state index contributed by atoms with van der Waals surface area (Å²) in [6, 6.07) is 8.74.